The van der Waals surface area contributed by atoms with Crippen molar-refractivity contribution in [1.29, 1.82) is 0 Å². The van der Waals surface area contributed by atoms with E-state index in [2.05, 4.69) is 0 Å². The number of nitrogens with zero attached hydrogens (tertiary/aromatic N) is 2. The van der Waals surface area contributed by atoms with Crippen molar-refractivity contribution in [3.05, 3.63) is 163 Å². The fraction of sp³-hybridized carbons (Fsp3) is 0.208. The summed E-state index contributed by atoms with van der Waals surface area (Å²) in [6, 6.07) is 12.7. The average Bonchev–Trinajstić information content (AvgIpc) is 3.19. The van der Waals surface area contributed by atoms with Crippen LogP contribution in [0, 0.1) is 27.7 Å². The monoisotopic (exact) mass is 926 g/mol. The molecule has 0 radical (unpaired) electrons. The lowest BCUT2D eigenvalue weighted by molar-refractivity contribution is -0.138. The number of carbonyl (C=O) groups excluding carboxylic acids is 4. The SMILES string of the molecule is Cc1cc(CN2C(=O)c3cc(-c4cc(C)cc(C(F)(F)F)c4)c4c5c(cc(-c6cc(C)cc(C(F)(F)F)c6)c(c35)C2=O)C(=O)N(Cc2cc(C)cc(C(F)(F)F)c2)C4=O)cc(C(F)(F)F)c1. The smallest absolute Gasteiger partial charge is 0.270 e. The quantitative estimate of drug-likeness (QED) is 0.123. The Kier molecular flexibility index (Phi) is 10.6. The molecule has 6 aromatic rings. The van der Waals surface area contributed by atoms with Crippen LogP contribution in [0.5, 0.6) is 0 Å². The molecule has 0 saturated carbocycles. The minimum absolute atomic E-state index is 0.00405. The third-order valence-corrected chi connectivity index (χ3v) is 11.3. The standard InChI is InChI=1S/C48H30F12N2O4/c1-21-5-25(13-29(9-21)45(49,50)51)19-61-41(63)35-17-34(28-8-24(4)12-32(16-28)48(58,59)60)40-38-36(42(64)62(44(40)66)20-26-6-22(2)10-30(14-26)46(52,53)54)18-33(39(37(35)38)43(61)65)27-7-23(3)11-31(15-27)47(55,56)57/h5-18H,19-20H2,1-4H3. The molecule has 0 aromatic heterocycles. The minimum Gasteiger partial charge on any atom is -0.270 e. The molecule has 66 heavy (non-hydrogen) atoms. The van der Waals surface area contributed by atoms with E-state index in [0.29, 0.717) is 34.1 Å². The second kappa shape index (κ2) is 15.3. The summed E-state index contributed by atoms with van der Waals surface area (Å²) < 4.78 is 170. The first-order valence-corrected chi connectivity index (χ1v) is 19.7. The van der Waals surface area contributed by atoms with Gasteiger partial charge in [0.05, 0.1) is 46.5 Å². The molecular weight excluding hydrogens is 897 g/mol. The molecule has 2 aliphatic heterocycles. The highest BCUT2D eigenvalue weighted by Crippen LogP contribution is 2.48. The van der Waals surface area contributed by atoms with Gasteiger partial charge in [0, 0.05) is 21.9 Å². The lowest BCUT2D eigenvalue weighted by Crippen LogP contribution is -2.43. The van der Waals surface area contributed by atoms with Crippen molar-refractivity contribution < 1.29 is 71.9 Å². The zero-order valence-electron chi connectivity index (χ0n) is 34.6. The Bertz CT molecular complexity index is 2920. The molecule has 6 aromatic carbocycles. The molecule has 0 N–H and O–H groups in total. The number of imide groups is 2. The maximum Gasteiger partial charge on any atom is 0.416 e. The van der Waals surface area contributed by atoms with Gasteiger partial charge >= 0.3 is 24.7 Å². The van der Waals surface area contributed by atoms with Crippen LogP contribution >= 0.6 is 0 Å². The molecule has 2 aliphatic rings. The molecule has 18 heteroatoms. The van der Waals surface area contributed by atoms with Gasteiger partial charge in [0.15, 0.2) is 0 Å². The number of alkyl halides is 12. The fourth-order valence-electron chi connectivity index (χ4n) is 8.71. The van der Waals surface area contributed by atoms with Gasteiger partial charge in [0.1, 0.15) is 0 Å². The Morgan fingerprint density at radius 2 is 0.636 bits per heavy atom. The van der Waals surface area contributed by atoms with Crippen molar-refractivity contribution in [2.45, 2.75) is 65.5 Å². The molecule has 0 bridgehead atoms. The van der Waals surface area contributed by atoms with Crippen molar-refractivity contribution in [3.63, 3.8) is 0 Å². The first-order chi connectivity index (χ1) is 30.5. The average molecular weight is 927 g/mol. The third kappa shape index (κ3) is 8.06. The summed E-state index contributed by atoms with van der Waals surface area (Å²) in [6.45, 7) is 3.51. The van der Waals surface area contributed by atoms with Crippen molar-refractivity contribution >= 4 is 34.4 Å². The van der Waals surface area contributed by atoms with Gasteiger partial charge in [-0.3, -0.25) is 29.0 Å². The van der Waals surface area contributed by atoms with Gasteiger partial charge in [0.25, 0.3) is 23.6 Å². The second-order valence-electron chi connectivity index (χ2n) is 16.4. The molecule has 0 unspecified atom stereocenters. The summed E-state index contributed by atoms with van der Waals surface area (Å²) >= 11 is 0. The van der Waals surface area contributed by atoms with Crippen molar-refractivity contribution in [2.24, 2.45) is 0 Å². The second-order valence-corrected chi connectivity index (χ2v) is 16.4. The minimum atomic E-state index is -4.98. The maximum atomic E-state index is 14.9. The van der Waals surface area contributed by atoms with E-state index in [1.54, 1.807) is 0 Å². The number of hydrogen-bond donors (Lipinski definition) is 0. The summed E-state index contributed by atoms with van der Waals surface area (Å²) in [4.78, 5) is 60.4. The molecule has 8 rings (SSSR count). The number of halogens is 12. The molecule has 0 atom stereocenters. The molecule has 4 amide bonds. The number of hydrogen-bond acceptors (Lipinski definition) is 4. The van der Waals surface area contributed by atoms with Crippen molar-refractivity contribution in [2.75, 3.05) is 0 Å². The van der Waals surface area contributed by atoms with Crippen LogP contribution in [-0.4, -0.2) is 33.4 Å². The number of carbonyl (C=O) groups is 4. The molecule has 6 nitrogen and oxygen atoms in total. The van der Waals surface area contributed by atoms with Crippen LogP contribution in [-0.2, 0) is 37.8 Å². The van der Waals surface area contributed by atoms with Crippen LogP contribution in [0.25, 0.3) is 33.0 Å². The normalized spacial score (nSPS) is 14.5. The van der Waals surface area contributed by atoms with Gasteiger partial charge in [-0.15, -0.1) is 0 Å². The van der Waals surface area contributed by atoms with E-state index in [4.69, 9.17) is 0 Å². The summed E-state index contributed by atoms with van der Waals surface area (Å²) in [5, 5.41) is -0.939. The molecule has 0 aliphatic carbocycles. The first-order valence-electron chi connectivity index (χ1n) is 19.7. The summed E-state index contributed by atoms with van der Waals surface area (Å²) in [5.74, 6) is -5.03. The lowest BCUT2D eigenvalue weighted by Gasteiger charge is -2.35. The lowest BCUT2D eigenvalue weighted by atomic mass is 9.78. The predicted molar refractivity (Wildman–Crippen MR) is 215 cm³/mol. The highest BCUT2D eigenvalue weighted by Gasteiger charge is 2.45. The van der Waals surface area contributed by atoms with Gasteiger partial charge in [-0.2, -0.15) is 52.7 Å². The third-order valence-electron chi connectivity index (χ3n) is 11.3. The zero-order chi connectivity index (χ0) is 48.3. The van der Waals surface area contributed by atoms with Crippen LogP contribution in [0.3, 0.4) is 0 Å². The van der Waals surface area contributed by atoms with Gasteiger partial charge in [-0.1, -0.05) is 35.4 Å². The van der Waals surface area contributed by atoms with Crippen molar-refractivity contribution in [3.8, 4) is 22.3 Å². The van der Waals surface area contributed by atoms with Gasteiger partial charge < -0.3 is 0 Å². The Hall–Kier alpha value is -6.98. The topological polar surface area (TPSA) is 74.8 Å². The van der Waals surface area contributed by atoms with Crippen LogP contribution in [0.4, 0.5) is 52.7 Å². The van der Waals surface area contributed by atoms with E-state index in [1.807, 2.05) is 0 Å². The number of benzene rings is 6. The molecular formula is C48H30F12N2O4. The van der Waals surface area contributed by atoms with Gasteiger partial charge in [-0.25, -0.2) is 0 Å². The molecule has 340 valence electrons. The molecule has 2 heterocycles. The Morgan fingerprint density at radius 1 is 0.348 bits per heavy atom. The molecule has 0 saturated heterocycles. The summed E-state index contributed by atoms with van der Waals surface area (Å²) in [7, 11) is 0. The Balaban J connectivity index is 1.47. The summed E-state index contributed by atoms with van der Waals surface area (Å²) in [6.07, 6.45) is -19.7. The Labute approximate surface area is 366 Å². The predicted octanol–water partition coefficient (Wildman–Crippen LogP) is 13.1. The van der Waals surface area contributed by atoms with Gasteiger partial charge in [-0.05, 0) is 133 Å². The highest BCUT2D eigenvalue weighted by atomic mass is 19.4. The van der Waals surface area contributed by atoms with E-state index in [-0.39, 0.29) is 44.5 Å². The fourth-order valence-corrected chi connectivity index (χ4v) is 8.71. The van der Waals surface area contributed by atoms with E-state index < -0.39 is 128 Å². The zero-order valence-corrected chi connectivity index (χ0v) is 34.6. The van der Waals surface area contributed by atoms with E-state index in [1.165, 1.54) is 52.0 Å². The molecule has 0 fully saturated rings. The summed E-state index contributed by atoms with van der Waals surface area (Å²) in [5.41, 5.74) is -8.76. The van der Waals surface area contributed by atoms with Crippen molar-refractivity contribution in [1.82, 2.24) is 9.80 Å². The van der Waals surface area contributed by atoms with E-state index in [0.717, 1.165) is 36.4 Å². The molecule has 0 spiro atoms. The van der Waals surface area contributed by atoms with Crippen LogP contribution in [0.2, 0.25) is 0 Å². The number of amides is 4. The van der Waals surface area contributed by atoms with Gasteiger partial charge in [0.2, 0.25) is 0 Å². The van der Waals surface area contributed by atoms with Crippen LogP contribution < -0.4 is 0 Å². The largest absolute Gasteiger partial charge is 0.416 e. The highest BCUT2D eigenvalue weighted by molar-refractivity contribution is 6.36. The Morgan fingerprint density at radius 3 is 0.939 bits per heavy atom. The van der Waals surface area contributed by atoms with E-state index in [9.17, 15) is 71.9 Å². The number of aryl methyl sites for hydroxylation is 4. The van der Waals surface area contributed by atoms with Crippen LogP contribution in [0.1, 0.15) is 97.1 Å². The van der Waals surface area contributed by atoms with Crippen LogP contribution in [0.15, 0.2) is 84.9 Å². The maximum absolute atomic E-state index is 14.9. The number of rotatable bonds is 6. The van der Waals surface area contributed by atoms with E-state index >= 15 is 0 Å². The first kappa shape index (κ1) is 45.6.